The van der Waals surface area contributed by atoms with Gasteiger partial charge in [-0.1, -0.05) is 31.5 Å². The maximum atomic E-state index is 13.3. The van der Waals surface area contributed by atoms with Gasteiger partial charge in [-0.25, -0.2) is 4.39 Å². The summed E-state index contributed by atoms with van der Waals surface area (Å²) in [6, 6.07) is 5.00. The van der Waals surface area contributed by atoms with Crippen LogP contribution in [-0.2, 0) is 6.42 Å². The van der Waals surface area contributed by atoms with Gasteiger partial charge in [0.05, 0.1) is 5.02 Å². The summed E-state index contributed by atoms with van der Waals surface area (Å²) in [6.07, 6.45) is 2.82. The van der Waals surface area contributed by atoms with E-state index in [2.05, 4.69) is 13.8 Å². The minimum atomic E-state index is -0.350. The highest BCUT2D eigenvalue weighted by molar-refractivity contribution is 6.30. The molecule has 2 N–H and O–H groups in total. The monoisotopic (exact) mass is 243 g/mol. The Hall–Kier alpha value is -0.600. The lowest BCUT2D eigenvalue weighted by atomic mass is 9.77. The van der Waals surface area contributed by atoms with Crippen molar-refractivity contribution in [1.29, 1.82) is 0 Å². The first-order valence-electron chi connectivity index (χ1n) is 5.71. The van der Waals surface area contributed by atoms with Crippen LogP contribution >= 0.6 is 11.6 Å². The molecule has 0 radical (unpaired) electrons. The molecule has 0 bridgehead atoms. The van der Waals surface area contributed by atoms with Gasteiger partial charge in [-0.05, 0) is 48.9 Å². The van der Waals surface area contributed by atoms with Crippen molar-refractivity contribution in [3.8, 4) is 0 Å². The predicted octanol–water partition coefficient (Wildman–Crippen LogP) is 3.79. The Morgan fingerprint density at radius 3 is 2.38 bits per heavy atom. The van der Waals surface area contributed by atoms with Gasteiger partial charge in [-0.3, -0.25) is 0 Å². The van der Waals surface area contributed by atoms with Gasteiger partial charge in [0, 0.05) is 0 Å². The van der Waals surface area contributed by atoms with Crippen LogP contribution in [0.1, 0.15) is 32.3 Å². The Bertz CT molecular complexity index is 340. The highest BCUT2D eigenvalue weighted by atomic mass is 35.5. The van der Waals surface area contributed by atoms with Crippen LogP contribution in [0.4, 0.5) is 4.39 Å². The molecule has 0 spiro atoms. The van der Waals surface area contributed by atoms with Crippen molar-refractivity contribution in [2.75, 3.05) is 6.54 Å². The van der Waals surface area contributed by atoms with Gasteiger partial charge in [-0.15, -0.1) is 0 Å². The maximum absolute atomic E-state index is 13.3. The van der Waals surface area contributed by atoms with Crippen LogP contribution in [0, 0.1) is 11.2 Å². The van der Waals surface area contributed by atoms with Crippen molar-refractivity contribution in [1.82, 2.24) is 0 Å². The van der Waals surface area contributed by atoms with Crippen molar-refractivity contribution in [3.63, 3.8) is 0 Å². The zero-order valence-electron chi connectivity index (χ0n) is 9.89. The van der Waals surface area contributed by atoms with Crippen LogP contribution in [0.5, 0.6) is 0 Å². The van der Waals surface area contributed by atoms with Gasteiger partial charge in [0.2, 0.25) is 0 Å². The number of halogens is 2. The minimum Gasteiger partial charge on any atom is -0.330 e. The van der Waals surface area contributed by atoms with Crippen LogP contribution in [0.2, 0.25) is 5.02 Å². The zero-order chi connectivity index (χ0) is 12.2. The molecule has 90 valence electrons. The van der Waals surface area contributed by atoms with Crippen molar-refractivity contribution >= 4 is 11.6 Å². The lowest BCUT2D eigenvalue weighted by Crippen LogP contribution is -2.31. The number of nitrogens with two attached hydrogens (primary N) is 1. The summed E-state index contributed by atoms with van der Waals surface area (Å²) in [4.78, 5) is 0. The third-order valence-corrected chi connectivity index (χ3v) is 3.80. The summed E-state index contributed by atoms with van der Waals surface area (Å²) < 4.78 is 13.3. The van der Waals surface area contributed by atoms with E-state index < -0.39 is 0 Å². The minimum absolute atomic E-state index is 0.0836. The smallest absolute Gasteiger partial charge is 0.142 e. The largest absolute Gasteiger partial charge is 0.330 e. The molecule has 0 aromatic heterocycles. The molecule has 0 aliphatic heterocycles. The number of hydrogen-bond donors (Lipinski definition) is 1. The van der Waals surface area contributed by atoms with Crippen LogP contribution in [-0.4, -0.2) is 6.54 Å². The van der Waals surface area contributed by atoms with E-state index in [0.29, 0.717) is 6.54 Å². The van der Waals surface area contributed by atoms with Crippen LogP contribution in [0.15, 0.2) is 18.2 Å². The molecule has 0 heterocycles. The summed E-state index contributed by atoms with van der Waals surface area (Å²) in [5.74, 6) is -0.350. The Kier molecular flexibility index (Phi) is 4.75. The summed E-state index contributed by atoms with van der Waals surface area (Å²) in [6.45, 7) is 4.88. The Balaban J connectivity index is 2.89. The van der Waals surface area contributed by atoms with E-state index in [1.165, 1.54) is 6.07 Å². The van der Waals surface area contributed by atoms with Crippen molar-refractivity contribution in [2.45, 2.75) is 33.1 Å². The molecule has 1 rings (SSSR count). The van der Waals surface area contributed by atoms with Gasteiger partial charge in [0.25, 0.3) is 0 Å². The first-order valence-corrected chi connectivity index (χ1v) is 6.08. The molecule has 0 amide bonds. The van der Waals surface area contributed by atoms with Crippen LogP contribution < -0.4 is 5.73 Å². The molecule has 1 aromatic carbocycles. The Morgan fingerprint density at radius 2 is 1.94 bits per heavy atom. The highest BCUT2D eigenvalue weighted by Crippen LogP contribution is 2.30. The van der Waals surface area contributed by atoms with Gasteiger partial charge in [-0.2, -0.15) is 0 Å². The average molecular weight is 244 g/mol. The third kappa shape index (κ3) is 2.96. The van der Waals surface area contributed by atoms with E-state index in [9.17, 15) is 4.39 Å². The third-order valence-electron chi connectivity index (χ3n) is 3.50. The first-order chi connectivity index (χ1) is 7.56. The zero-order valence-corrected chi connectivity index (χ0v) is 10.6. The molecule has 3 heteroatoms. The molecule has 0 aliphatic carbocycles. The van der Waals surface area contributed by atoms with E-state index in [4.69, 9.17) is 17.3 Å². The topological polar surface area (TPSA) is 26.0 Å². The second-order valence-electron chi connectivity index (χ2n) is 4.34. The summed E-state index contributed by atoms with van der Waals surface area (Å²) in [5.41, 5.74) is 6.88. The quantitative estimate of drug-likeness (QED) is 0.837. The van der Waals surface area contributed by atoms with Crippen LogP contribution in [0.3, 0.4) is 0 Å². The van der Waals surface area contributed by atoms with E-state index in [-0.39, 0.29) is 16.3 Å². The van der Waals surface area contributed by atoms with E-state index in [1.54, 1.807) is 6.07 Å². The van der Waals surface area contributed by atoms with Crippen molar-refractivity contribution < 1.29 is 4.39 Å². The molecule has 0 saturated carbocycles. The second-order valence-corrected chi connectivity index (χ2v) is 4.74. The Labute approximate surface area is 102 Å². The summed E-state index contributed by atoms with van der Waals surface area (Å²) in [7, 11) is 0. The fraction of sp³-hybridized carbons (Fsp3) is 0.538. The molecule has 1 nitrogen and oxygen atoms in total. The van der Waals surface area contributed by atoms with E-state index in [1.807, 2.05) is 6.07 Å². The maximum Gasteiger partial charge on any atom is 0.142 e. The first kappa shape index (κ1) is 13.5. The standard InChI is InChI=1S/C13H19ClFN/c1-3-13(4-2,9-16)8-10-5-6-11(14)12(15)7-10/h5-7H,3-4,8-9,16H2,1-2H3. The Morgan fingerprint density at radius 1 is 1.31 bits per heavy atom. The molecule has 0 fully saturated rings. The average Bonchev–Trinajstić information content (AvgIpc) is 2.31. The molecule has 0 saturated heterocycles. The predicted molar refractivity (Wildman–Crippen MR) is 67.2 cm³/mol. The van der Waals surface area contributed by atoms with E-state index >= 15 is 0 Å². The number of benzene rings is 1. The van der Waals surface area contributed by atoms with Crippen molar-refractivity contribution in [2.24, 2.45) is 11.1 Å². The summed E-state index contributed by atoms with van der Waals surface area (Å²) >= 11 is 5.65. The molecule has 16 heavy (non-hydrogen) atoms. The summed E-state index contributed by atoms with van der Waals surface area (Å²) in [5, 5.41) is 0.176. The van der Waals surface area contributed by atoms with E-state index in [0.717, 1.165) is 24.8 Å². The fourth-order valence-electron chi connectivity index (χ4n) is 1.94. The molecular weight excluding hydrogens is 225 g/mol. The second kappa shape index (κ2) is 5.65. The molecule has 0 aliphatic rings. The molecule has 0 unspecified atom stereocenters. The highest BCUT2D eigenvalue weighted by Gasteiger charge is 2.24. The number of hydrogen-bond acceptors (Lipinski definition) is 1. The van der Waals surface area contributed by atoms with Gasteiger partial charge in [0.15, 0.2) is 0 Å². The van der Waals surface area contributed by atoms with Gasteiger partial charge >= 0.3 is 0 Å². The molecule has 1 aromatic rings. The fourth-order valence-corrected chi connectivity index (χ4v) is 2.06. The van der Waals surface area contributed by atoms with Gasteiger partial charge < -0.3 is 5.73 Å². The lowest BCUT2D eigenvalue weighted by molar-refractivity contribution is 0.271. The van der Waals surface area contributed by atoms with Crippen molar-refractivity contribution in [3.05, 3.63) is 34.6 Å². The normalized spacial score (nSPS) is 11.8. The van der Waals surface area contributed by atoms with Crippen LogP contribution in [0.25, 0.3) is 0 Å². The molecular formula is C13H19ClFN. The SMILES string of the molecule is CCC(CC)(CN)Cc1ccc(Cl)c(F)c1. The molecule has 0 atom stereocenters. The van der Waals surface area contributed by atoms with Gasteiger partial charge in [0.1, 0.15) is 5.82 Å². The lowest BCUT2D eigenvalue weighted by Gasteiger charge is -2.30. The number of rotatable bonds is 5.